The van der Waals surface area contributed by atoms with Crippen LogP contribution in [0.5, 0.6) is 0 Å². The second-order valence-corrected chi connectivity index (χ2v) is 9.24. The highest BCUT2D eigenvalue weighted by molar-refractivity contribution is 7.98. The summed E-state index contributed by atoms with van der Waals surface area (Å²) in [4.78, 5) is 32.1. The first kappa shape index (κ1) is 28.8. The lowest BCUT2D eigenvalue weighted by molar-refractivity contribution is -0.243. The van der Waals surface area contributed by atoms with E-state index in [1.54, 1.807) is 0 Å². The molecule has 1 unspecified atom stereocenters. The molecule has 0 spiro atoms. The lowest BCUT2D eigenvalue weighted by atomic mass is 9.93. The molecular weight excluding hydrogens is 446 g/mol. The van der Waals surface area contributed by atoms with Crippen molar-refractivity contribution in [1.29, 1.82) is 0 Å². The molecule has 0 heterocycles. The van der Waals surface area contributed by atoms with Gasteiger partial charge in [-0.1, -0.05) is 57.0 Å². The fourth-order valence-electron chi connectivity index (χ4n) is 3.42. The lowest BCUT2D eigenvalue weighted by Crippen LogP contribution is -2.70. The molecule has 0 radical (unpaired) electrons. The molecule has 3 atom stereocenters. The Morgan fingerprint density at radius 3 is 2.56 bits per heavy atom. The van der Waals surface area contributed by atoms with Crippen LogP contribution in [0, 0.1) is 5.92 Å². The molecule has 0 aliphatic rings. The van der Waals surface area contributed by atoms with Crippen molar-refractivity contribution in [3.63, 3.8) is 0 Å². The number of aliphatic carboxylic acids is 1. The normalized spacial score (nSPS) is 15.0. The number of unbranched alkanes of at least 4 members (excludes halogenated alkanes) is 2. The number of nitrogens with zero attached hydrogens (tertiary/aromatic N) is 1. The van der Waals surface area contributed by atoms with Crippen molar-refractivity contribution in [3.05, 3.63) is 35.9 Å². The Morgan fingerprint density at radius 1 is 1.31 bits per heavy atom. The summed E-state index contributed by atoms with van der Waals surface area (Å²) >= 11 is 5.73. The van der Waals surface area contributed by atoms with Crippen molar-refractivity contribution in [1.82, 2.24) is 10.4 Å². The van der Waals surface area contributed by atoms with Crippen LogP contribution in [0.3, 0.4) is 0 Å². The number of thiol groups is 1. The number of rotatable bonds is 17. The van der Waals surface area contributed by atoms with Gasteiger partial charge in [-0.05, 0) is 30.4 Å². The molecule has 9 heteroatoms. The van der Waals surface area contributed by atoms with E-state index >= 15 is 0 Å². The molecule has 0 aliphatic heterocycles. The van der Waals surface area contributed by atoms with Gasteiger partial charge >= 0.3 is 5.97 Å². The van der Waals surface area contributed by atoms with Crippen molar-refractivity contribution in [2.45, 2.75) is 57.7 Å². The van der Waals surface area contributed by atoms with E-state index in [-0.39, 0.29) is 31.5 Å². The summed E-state index contributed by atoms with van der Waals surface area (Å²) < 4.78 is 0. The standard InChI is InChI=1S/C23H39N3O4S2/c1-4-5-9-14-30-26(21(27)13-12-19-10-7-6-8-11-19)23(22(28)29,18(2)17-32-3)25-15-20(24)16-31/h6-8,10-11,18,20,25,31H,4-5,9,12-17,24H2,1-3H3,(H,28,29)/t18-,20?,23-/m1/s1. The van der Waals surface area contributed by atoms with E-state index in [9.17, 15) is 14.7 Å². The third kappa shape index (κ3) is 8.59. The zero-order chi connectivity index (χ0) is 24.0. The molecule has 32 heavy (non-hydrogen) atoms. The Balaban J connectivity index is 3.25. The zero-order valence-electron chi connectivity index (χ0n) is 19.5. The van der Waals surface area contributed by atoms with Gasteiger partial charge in [-0.2, -0.15) is 29.5 Å². The number of carboxylic acid groups (broad SMARTS) is 1. The second kappa shape index (κ2) is 15.6. The Kier molecular flexibility index (Phi) is 14.0. The molecule has 0 saturated carbocycles. The average Bonchev–Trinajstić information content (AvgIpc) is 2.79. The highest BCUT2D eigenvalue weighted by atomic mass is 32.2. The molecule has 0 bridgehead atoms. The minimum atomic E-state index is -1.73. The van der Waals surface area contributed by atoms with Crippen LogP contribution in [0.2, 0.25) is 0 Å². The summed E-state index contributed by atoms with van der Waals surface area (Å²) in [5, 5.41) is 14.6. The maximum atomic E-state index is 13.4. The van der Waals surface area contributed by atoms with Crippen LogP contribution in [0.4, 0.5) is 0 Å². The molecule has 0 fully saturated rings. The second-order valence-electron chi connectivity index (χ2n) is 7.97. The maximum Gasteiger partial charge on any atom is 0.347 e. The number of nitrogens with one attached hydrogen (secondary N) is 1. The SMILES string of the molecule is CCCCCON(C(=O)CCc1ccccc1)[C@@](NCC(N)CS)(C(=O)O)[C@H](C)CSC. The monoisotopic (exact) mass is 485 g/mol. The summed E-state index contributed by atoms with van der Waals surface area (Å²) in [7, 11) is 0. The number of hydroxylamine groups is 2. The topological polar surface area (TPSA) is 105 Å². The fourth-order valence-corrected chi connectivity index (χ4v) is 4.29. The highest BCUT2D eigenvalue weighted by Gasteiger charge is 2.52. The third-order valence-corrected chi connectivity index (χ3v) is 6.61. The predicted molar refractivity (Wildman–Crippen MR) is 135 cm³/mol. The number of hydrogen-bond acceptors (Lipinski definition) is 7. The molecule has 1 aromatic rings. The minimum absolute atomic E-state index is 0.138. The number of thioether (sulfide) groups is 1. The molecule has 182 valence electrons. The van der Waals surface area contributed by atoms with Gasteiger partial charge in [-0.25, -0.2) is 4.79 Å². The molecule has 0 aliphatic carbocycles. The number of nitrogens with two attached hydrogens (primary N) is 1. The number of aryl methyl sites for hydroxylation is 1. The van der Waals surface area contributed by atoms with E-state index in [0.29, 0.717) is 17.9 Å². The smallest absolute Gasteiger partial charge is 0.347 e. The lowest BCUT2D eigenvalue weighted by Gasteiger charge is -2.44. The first-order valence-corrected chi connectivity index (χ1v) is 13.2. The average molecular weight is 486 g/mol. The zero-order valence-corrected chi connectivity index (χ0v) is 21.2. The van der Waals surface area contributed by atoms with E-state index in [1.165, 1.54) is 11.8 Å². The maximum absolute atomic E-state index is 13.4. The number of carbonyl (C=O) groups is 2. The van der Waals surface area contributed by atoms with Gasteiger partial charge in [0, 0.05) is 30.7 Å². The molecule has 4 N–H and O–H groups in total. The quantitative estimate of drug-likeness (QED) is 0.116. The van der Waals surface area contributed by atoms with Crippen molar-refractivity contribution < 1.29 is 19.5 Å². The van der Waals surface area contributed by atoms with Gasteiger partial charge in [0.05, 0.1) is 6.61 Å². The number of amides is 1. The number of carboxylic acids is 1. The van der Waals surface area contributed by atoms with E-state index in [4.69, 9.17) is 10.6 Å². The summed E-state index contributed by atoms with van der Waals surface area (Å²) in [6.07, 6.45) is 5.21. The molecule has 0 aromatic heterocycles. The van der Waals surface area contributed by atoms with Crippen LogP contribution >= 0.6 is 24.4 Å². The van der Waals surface area contributed by atoms with Gasteiger partial charge in [-0.3, -0.25) is 14.9 Å². The van der Waals surface area contributed by atoms with Gasteiger partial charge in [0.2, 0.25) is 11.6 Å². The molecule has 0 saturated heterocycles. The number of hydrogen-bond donors (Lipinski definition) is 4. The summed E-state index contributed by atoms with van der Waals surface area (Å²) in [5.41, 5.74) is 5.30. The molecule has 1 aromatic carbocycles. The van der Waals surface area contributed by atoms with Crippen LogP contribution in [0.25, 0.3) is 0 Å². The summed E-state index contributed by atoms with van der Waals surface area (Å²) in [5.74, 6) is -1.05. The van der Waals surface area contributed by atoms with E-state index in [1.807, 2.05) is 43.5 Å². The minimum Gasteiger partial charge on any atom is -0.478 e. The van der Waals surface area contributed by atoms with Crippen molar-refractivity contribution in [2.75, 3.05) is 30.9 Å². The number of carbonyl (C=O) groups excluding carboxylic acids is 1. The van der Waals surface area contributed by atoms with Crippen molar-refractivity contribution in [3.8, 4) is 0 Å². The molecule has 1 rings (SSSR count). The van der Waals surface area contributed by atoms with E-state index in [2.05, 4.69) is 24.9 Å². The first-order chi connectivity index (χ1) is 15.3. The summed E-state index contributed by atoms with van der Waals surface area (Å²) in [6, 6.07) is 9.29. The summed E-state index contributed by atoms with van der Waals surface area (Å²) in [6.45, 7) is 4.35. The van der Waals surface area contributed by atoms with Gasteiger partial charge < -0.3 is 10.8 Å². The Hall–Kier alpha value is -1.26. The van der Waals surface area contributed by atoms with Crippen LogP contribution < -0.4 is 11.1 Å². The Labute approximate surface area is 202 Å². The Bertz CT molecular complexity index is 680. The van der Waals surface area contributed by atoms with E-state index in [0.717, 1.165) is 29.9 Å². The van der Waals surface area contributed by atoms with Crippen molar-refractivity contribution >= 4 is 36.3 Å². The van der Waals surface area contributed by atoms with Gasteiger partial charge in [0.15, 0.2) is 0 Å². The first-order valence-electron chi connectivity index (χ1n) is 11.2. The van der Waals surface area contributed by atoms with Crippen LogP contribution in [0.15, 0.2) is 30.3 Å². The fraction of sp³-hybridized carbons (Fsp3) is 0.652. The third-order valence-electron chi connectivity index (χ3n) is 5.31. The van der Waals surface area contributed by atoms with E-state index < -0.39 is 17.6 Å². The Morgan fingerprint density at radius 2 is 2.00 bits per heavy atom. The molecule has 7 nitrogen and oxygen atoms in total. The number of benzene rings is 1. The highest BCUT2D eigenvalue weighted by Crippen LogP contribution is 2.28. The van der Waals surface area contributed by atoms with Crippen LogP contribution in [-0.2, 0) is 20.8 Å². The largest absolute Gasteiger partial charge is 0.478 e. The molecule has 1 amide bonds. The van der Waals surface area contributed by atoms with Gasteiger partial charge in [0.25, 0.3) is 0 Å². The molecular formula is C23H39N3O4S2. The van der Waals surface area contributed by atoms with Crippen LogP contribution in [-0.4, -0.2) is 64.7 Å². The van der Waals surface area contributed by atoms with Gasteiger partial charge in [0.1, 0.15) is 0 Å². The van der Waals surface area contributed by atoms with Crippen LogP contribution in [0.1, 0.15) is 45.1 Å². The van der Waals surface area contributed by atoms with Gasteiger partial charge in [-0.15, -0.1) is 0 Å². The van der Waals surface area contributed by atoms with Crippen molar-refractivity contribution in [2.24, 2.45) is 11.7 Å². The predicted octanol–water partition coefficient (Wildman–Crippen LogP) is 3.20.